The molecule has 3 heteroatoms. The van der Waals surface area contributed by atoms with Crippen LogP contribution in [0.2, 0.25) is 0 Å². The van der Waals surface area contributed by atoms with E-state index in [9.17, 15) is 0 Å². The van der Waals surface area contributed by atoms with Crippen LogP contribution in [-0.4, -0.2) is 3.21 Å². The van der Waals surface area contributed by atoms with Gasteiger partial charge in [-0.3, -0.25) is 0 Å². The van der Waals surface area contributed by atoms with Gasteiger partial charge >= 0.3 is 260 Å². The van der Waals surface area contributed by atoms with Gasteiger partial charge in [0.1, 0.15) is 0 Å². The predicted octanol–water partition coefficient (Wildman–Crippen LogP) is 11.1. The van der Waals surface area contributed by atoms with E-state index in [1.54, 1.807) is 25.5 Å². The van der Waals surface area contributed by atoms with Crippen LogP contribution >= 0.6 is 24.8 Å². The number of allylic oxidation sites excluding steroid dienone is 1. The molecular weight excluding hydrogens is 655 g/mol. The molecule has 0 N–H and O–H groups in total. The molecule has 5 aromatic carbocycles. The molecule has 2 aliphatic carbocycles. The molecule has 44 heavy (non-hydrogen) atoms. The topological polar surface area (TPSA) is 0 Å². The number of aryl methyl sites for hydroxylation is 3. The SMILES string of the molecule is CCc1ccc2c(c1)[CH]([Zr](=[C](c1ccccc1)c1ccccc1)[CH]1C(C)=Cc3ccc(C)cc31)c1cc(CC)ccc1-2.Cl.Cl. The Hall–Kier alpha value is -2.83. The maximum Gasteiger partial charge on any atom is -0.147 e. The molecule has 0 aliphatic heterocycles. The first-order chi connectivity index (χ1) is 20.6. The molecular formula is C41H40Cl2Zr. The van der Waals surface area contributed by atoms with Crippen molar-refractivity contribution in [2.45, 2.75) is 47.8 Å². The summed E-state index contributed by atoms with van der Waals surface area (Å²) in [6.07, 6.45) is 4.62. The van der Waals surface area contributed by atoms with Gasteiger partial charge in [-0.1, -0.05) is 0 Å². The molecule has 7 rings (SSSR count). The second-order valence-electron chi connectivity index (χ2n) is 12.0. The fraction of sp³-hybridized carbons (Fsp3) is 0.195. The second-order valence-corrected chi connectivity index (χ2v) is 18.3. The van der Waals surface area contributed by atoms with Crippen LogP contribution in [0.25, 0.3) is 17.2 Å². The summed E-state index contributed by atoms with van der Waals surface area (Å²) < 4.78 is 2.54. The zero-order valence-corrected chi connectivity index (χ0v) is 30.0. The van der Waals surface area contributed by atoms with Crippen molar-refractivity contribution in [3.8, 4) is 11.1 Å². The Morgan fingerprint density at radius 3 is 1.59 bits per heavy atom. The second kappa shape index (κ2) is 13.7. The predicted molar refractivity (Wildman–Crippen MR) is 191 cm³/mol. The minimum Gasteiger partial charge on any atom is -0.147 e. The number of hydrogen-bond donors (Lipinski definition) is 0. The molecule has 0 heterocycles. The minimum atomic E-state index is -2.80. The summed E-state index contributed by atoms with van der Waals surface area (Å²) >= 11 is -2.80. The van der Waals surface area contributed by atoms with E-state index in [4.69, 9.17) is 0 Å². The number of benzene rings is 5. The van der Waals surface area contributed by atoms with E-state index in [-0.39, 0.29) is 24.8 Å². The summed E-state index contributed by atoms with van der Waals surface area (Å²) in [5.41, 5.74) is 17.6. The molecule has 0 saturated carbocycles. The zero-order chi connectivity index (χ0) is 28.8. The van der Waals surface area contributed by atoms with Gasteiger partial charge in [0.2, 0.25) is 0 Å². The van der Waals surface area contributed by atoms with Crippen LogP contribution in [0.1, 0.15) is 78.1 Å². The third-order valence-corrected chi connectivity index (χ3v) is 18.7. The average molecular weight is 695 g/mol. The molecule has 0 nitrogen and oxygen atoms in total. The van der Waals surface area contributed by atoms with Gasteiger partial charge in [-0.2, -0.15) is 0 Å². The molecule has 222 valence electrons. The van der Waals surface area contributed by atoms with Gasteiger partial charge in [0.15, 0.2) is 0 Å². The van der Waals surface area contributed by atoms with E-state index in [0.29, 0.717) is 7.25 Å². The van der Waals surface area contributed by atoms with Crippen molar-refractivity contribution in [3.05, 3.63) is 171 Å². The zero-order valence-electron chi connectivity index (χ0n) is 25.9. The molecule has 0 bridgehead atoms. The van der Waals surface area contributed by atoms with Gasteiger partial charge in [-0.25, -0.2) is 0 Å². The fourth-order valence-corrected chi connectivity index (χ4v) is 17.7. The van der Waals surface area contributed by atoms with Crippen LogP contribution in [0.3, 0.4) is 0 Å². The molecule has 0 radical (unpaired) electrons. The molecule has 0 aromatic heterocycles. The van der Waals surface area contributed by atoms with E-state index in [0.717, 1.165) is 12.8 Å². The van der Waals surface area contributed by atoms with Gasteiger partial charge in [-0.05, 0) is 0 Å². The summed E-state index contributed by atoms with van der Waals surface area (Å²) in [7, 11) is 0. The summed E-state index contributed by atoms with van der Waals surface area (Å²) in [4.78, 5) is 0. The summed E-state index contributed by atoms with van der Waals surface area (Å²) in [6.45, 7) is 9.26. The Morgan fingerprint density at radius 1 is 0.568 bits per heavy atom. The Morgan fingerprint density at radius 2 is 1.09 bits per heavy atom. The first kappa shape index (κ1) is 32.6. The van der Waals surface area contributed by atoms with Gasteiger partial charge < -0.3 is 0 Å². The maximum atomic E-state index is 2.57. The van der Waals surface area contributed by atoms with Crippen LogP contribution in [0.4, 0.5) is 0 Å². The van der Waals surface area contributed by atoms with Crippen molar-refractivity contribution in [2.75, 3.05) is 0 Å². The first-order valence-electron chi connectivity index (χ1n) is 15.5. The van der Waals surface area contributed by atoms with Crippen molar-refractivity contribution >= 4 is 34.1 Å². The van der Waals surface area contributed by atoms with E-state index in [1.807, 2.05) is 0 Å². The molecule has 0 amide bonds. The Kier molecular flexibility index (Phi) is 10.1. The molecule has 5 aromatic rings. The Balaban J connectivity index is 0.00000192. The summed E-state index contributed by atoms with van der Waals surface area (Å²) in [5.74, 6) is 0. The van der Waals surface area contributed by atoms with Crippen molar-refractivity contribution < 1.29 is 21.3 Å². The van der Waals surface area contributed by atoms with Gasteiger partial charge in [0.25, 0.3) is 0 Å². The third-order valence-electron chi connectivity index (χ3n) is 9.39. The van der Waals surface area contributed by atoms with Crippen molar-refractivity contribution in [1.29, 1.82) is 0 Å². The molecule has 1 unspecified atom stereocenters. The first-order valence-corrected chi connectivity index (χ1v) is 19.5. The molecule has 2 aliphatic rings. The standard InChI is InChI=1S/C17H17.C13H10.C11H11.2ClH.Zr/c1-3-12-5-7-16-14(9-12)11-15-10-13(4-2)6-8-17(15)16;1-3-7-12(8-4-1)11-13-9-5-2-6-10-13;1-8-3-4-10-6-9(2)7-11(10)5-8;;;/h5-11H,3-4H2,1-2H3;1-10H;3-7H,1-2H3;2*1H;. The van der Waals surface area contributed by atoms with Crippen LogP contribution in [0.15, 0.2) is 121 Å². The van der Waals surface area contributed by atoms with Crippen LogP contribution in [0, 0.1) is 6.92 Å². The normalized spacial score (nSPS) is 14.5. The van der Waals surface area contributed by atoms with Gasteiger partial charge in [0.05, 0.1) is 0 Å². The van der Waals surface area contributed by atoms with Crippen LogP contribution < -0.4 is 0 Å². The van der Waals surface area contributed by atoms with Gasteiger partial charge in [0, 0.05) is 0 Å². The molecule has 0 fully saturated rings. The van der Waals surface area contributed by atoms with Crippen LogP contribution in [-0.2, 0) is 34.1 Å². The summed E-state index contributed by atoms with van der Waals surface area (Å²) in [5, 5.41) is 0. The smallest absolute Gasteiger partial charge is 0.147 e. The number of halogens is 2. The quantitative estimate of drug-likeness (QED) is 0.166. The monoisotopic (exact) mass is 692 g/mol. The Labute approximate surface area is 283 Å². The van der Waals surface area contributed by atoms with E-state index < -0.39 is 21.3 Å². The minimum absolute atomic E-state index is 0. The van der Waals surface area contributed by atoms with E-state index in [1.165, 1.54) is 44.5 Å². The molecule has 0 spiro atoms. The van der Waals surface area contributed by atoms with Crippen molar-refractivity contribution in [2.24, 2.45) is 0 Å². The van der Waals surface area contributed by atoms with E-state index >= 15 is 0 Å². The molecule has 0 saturated heterocycles. The van der Waals surface area contributed by atoms with E-state index in [2.05, 4.69) is 149 Å². The largest absolute Gasteiger partial charge is 0.147 e. The average Bonchev–Trinajstić information content (AvgIpc) is 3.53. The summed E-state index contributed by atoms with van der Waals surface area (Å²) in [6, 6.07) is 44.6. The number of hydrogen-bond acceptors (Lipinski definition) is 0. The molecule has 1 atom stereocenters. The van der Waals surface area contributed by atoms with Crippen molar-refractivity contribution in [3.63, 3.8) is 0 Å². The number of rotatable bonds is 6. The van der Waals surface area contributed by atoms with Gasteiger partial charge in [-0.15, -0.1) is 24.8 Å². The maximum absolute atomic E-state index is 2.80. The van der Waals surface area contributed by atoms with Crippen LogP contribution in [0.5, 0.6) is 0 Å². The number of fused-ring (bicyclic) bond motifs is 4. The Bertz CT molecular complexity index is 1770. The van der Waals surface area contributed by atoms with Crippen molar-refractivity contribution in [1.82, 2.24) is 0 Å². The fourth-order valence-electron chi connectivity index (χ4n) is 7.36. The third kappa shape index (κ3) is 5.69.